The lowest BCUT2D eigenvalue weighted by Crippen LogP contribution is -2.49. The second-order valence-electron chi connectivity index (χ2n) is 8.83. The van der Waals surface area contributed by atoms with Gasteiger partial charge in [0, 0.05) is 5.03 Å². The van der Waals surface area contributed by atoms with Gasteiger partial charge in [0.15, 0.2) is 11.5 Å². The number of ether oxygens (including phenoxy) is 3. The third-order valence-electron chi connectivity index (χ3n) is 5.76. The Balaban J connectivity index is 1.88. The van der Waals surface area contributed by atoms with Crippen molar-refractivity contribution in [3.8, 4) is 11.5 Å². The normalized spacial score (nSPS) is 16.6. The number of amides is 1. The molecule has 7 nitrogen and oxygen atoms in total. The highest BCUT2D eigenvalue weighted by Crippen LogP contribution is 2.43. The van der Waals surface area contributed by atoms with Crippen LogP contribution in [-0.4, -0.2) is 49.4 Å². The number of hydrogen-bond donors (Lipinski definition) is 2. The molecule has 0 fully saturated rings. The van der Waals surface area contributed by atoms with Crippen LogP contribution in [0.2, 0.25) is 0 Å². The molecule has 0 saturated heterocycles. The van der Waals surface area contributed by atoms with Gasteiger partial charge < -0.3 is 24.8 Å². The molecule has 0 saturated carbocycles. The molecule has 2 aromatic rings. The minimum atomic E-state index is -3.09. The second-order valence-corrected chi connectivity index (χ2v) is 9.93. The van der Waals surface area contributed by atoms with Crippen molar-refractivity contribution in [3.05, 3.63) is 64.3 Å². The quantitative estimate of drug-likeness (QED) is 0.264. The summed E-state index contributed by atoms with van der Waals surface area (Å²) in [6.07, 6.45) is -0.589. The number of rotatable bonds is 11. The van der Waals surface area contributed by atoms with E-state index in [2.05, 4.69) is 27.1 Å². The first-order valence-electron chi connectivity index (χ1n) is 11.5. The van der Waals surface area contributed by atoms with Crippen LogP contribution in [0.1, 0.15) is 36.7 Å². The van der Waals surface area contributed by atoms with Crippen LogP contribution in [0.4, 0.5) is 14.5 Å². The fourth-order valence-electron chi connectivity index (χ4n) is 3.71. The molecule has 11 heteroatoms. The Hall–Kier alpha value is -2.88. The van der Waals surface area contributed by atoms with Gasteiger partial charge in [0.1, 0.15) is 11.7 Å². The third kappa shape index (κ3) is 7.34. The molecule has 0 radical (unpaired) electrons. The zero-order chi connectivity index (χ0) is 27.2. The number of benzene rings is 2. The van der Waals surface area contributed by atoms with Crippen molar-refractivity contribution in [1.82, 2.24) is 5.32 Å². The monoisotopic (exact) mass is 555 g/mol. The topological polar surface area (TPSA) is 81.2 Å². The summed E-state index contributed by atoms with van der Waals surface area (Å²) in [5, 5.41) is 5.38. The standard InChI is InChI=1S/C26H29Cl2F2N3O4/c1-15(27)21(18(28)12-31-4)33-24(34)17-10-11-19(36-25(29)30)23-22(17)32-13-20(37-23)26(2,3)35-14-16-8-6-5-7-9-16/h5-11,18,20,25,32H,4,12-14H2,1-3H3,(H,33,34)/b21-15-. The Morgan fingerprint density at radius 2 is 2.00 bits per heavy atom. The lowest BCUT2D eigenvalue weighted by molar-refractivity contribution is -0.0983. The van der Waals surface area contributed by atoms with E-state index in [1.165, 1.54) is 12.1 Å². The summed E-state index contributed by atoms with van der Waals surface area (Å²) >= 11 is 12.4. The van der Waals surface area contributed by atoms with Gasteiger partial charge in [-0.1, -0.05) is 41.9 Å². The predicted molar refractivity (Wildman–Crippen MR) is 141 cm³/mol. The third-order valence-corrected chi connectivity index (χ3v) is 6.32. The summed E-state index contributed by atoms with van der Waals surface area (Å²) in [4.78, 5) is 16.9. The number of halogens is 4. The van der Waals surface area contributed by atoms with E-state index in [0.717, 1.165) is 5.56 Å². The first-order valence-corrected chi connectivity index (χ1v) is 12.3. The number of nitrogens with zero attached hydrogens (tertiary/aromatic N) is 1. The maximum Gasteiger partial charge on any atom is 0.387 e. The highest BCUT2D eigenvalue weighted by molar-refractivity contribution is 6.31. The van der Waals surface area contributed by atoms with Crippen LogP contribution in [0.5, 0.6) is 11.5 Å². The summed E-state index contributed by atoms with van der Waals surface area (Å²) in [6.45, 7) is 6.26. The van der Waals surface area contributed by atoms with Crippen LogP contribution in [0.15, 0.2) is 58.2 Å². The van der Waals surface area contributed by atoms with Gasteiger partial charge in [-0.2, -0.15) is 8.78 Å². The number of aliphatic imine (C=N–C) groups is 1. The summed E-state index contributed by atoms with van der Waals surface area (Å²) in [5.41, 5.74) is 0.737. The Labute approximate surface area is 224 Å². The maximum atomic E-state index is 13.2. The number of hydrogen-bond acceptors (Lipinski definition) is 6. The summed E-state index contributed by atoms with van der Waals surface area (Å²) in [5.74, 6) is -0.810. The van der Waals surface area contributed by atoms with E-state index >= 15 is 0 Å². The number of anilines is 1. The lowest BCUT2D eigenvalue weighted by atomic mass is 9.98. The fraction of sp³-hybridized carbons (Fsp3) is 0.385. The number of nitrogens with one attached hydrogen (secondary N) is 2. The molecule has 2 aromatic carbocycles. The van der Waals surface area contributed by atoms with Gasteiger partial charge in [0.2, 0.25) is 0 Å². The zero-order valence-corrected chi connectivity index (χ0v) is 22.2. The van der Waals surface area contributed by atoms with Crippen LogP contribution in [0.3, 0.4) is 0 Å². The average molecular weight is 556 g/mol. The van der Waals surface area contributed by atoms with Crippen molar-refractivity contribution in [3.63, 3.8) is 0 Å². The molecule has 0 aliphatic carbocycles. The van der Waals surface area contributed by atoms with Gasteiger partial charge in [0.05, 0.1) is 42.0 Å². The summed E-state index contributed by atoms with van der Waals surface area (Å²) < 4.78 is 43.3. The molecule has 1 aliphatic rings. The van der Waals surface area contributed by atoms with Crippen molar-refractivity contribution in [2.75, 3.05) is 18.4 Å². The molecular weight excluding hydrogens is 527 g/mol. The first-order chi connectivity index (χ1) is 17.5. The molecule has 200 valence electrons. The molecule has 37 heavy (non-hydrogen) atoms. The highest BCUT2D eigenvalue weighted by Gasteiger charge is 2.38. The molecule has 1 amide bonds. The maximum absolute atomic E-state index is 13.2. The van der Waals surface area contributed by atoms with Crippen molar-refractivity contribution in [2.45, 2.75) is 51.1 Å². The van der Waals surface area contributed by atoms with E-state index in [1.54, 1.807) is 6.92 Å². The van der Waals surface area contributed by atoms with Gasteiger partial charge in [-0.25, -0.2) is 0 Å². The number of alkyl halides is 3. The molecule has 3 rings (SSSR count). The van der Waals surface area contributed by atoms with Crippen LogP contribution in [-0.2, 0) is 11.3 Å². The van der Waals surface area contributed by atoms with Crippen LogP contribution in [0, 0.1) is 0 Å². The van der Waals surface area contributed by atoms with Gasteiger partial charge in [0.25, 0.3) is 5.91 Å². The van der Waals surface area contributed by atoms with Crippen molar-refractivity contribution >= 4 is 41.5 Å². The predicted octanol–water partition coefficient (Wildman–Crippen LogP) is 5.96. The molecule has 1 aliphatic heterocycles. The molecule has 2 N–H and O–H groups in total. The minimum absolute atomic E-state index is 0.0242. The fourth-order valence-corrected chi connectivity index (χ4v) is 4.26. The molecule has 0 spiro atoms. The van der Waals surface area contributed by atoms with Crippen LogP contribution >= 0.6 is 23.2 Å². The summed E-state index contributed by atoms with van der Waals surface area (Å²) in [7, 11) is 0. The van der Waals surface area contributed by atoms with E-state index in [1.807, 2.05) is 44.2 Å². The molecular formula is C26H29Cl2F2N3O4. The van der Waals surface area contributed by atoms with Crippen molar-refractivity contribution in [2.24, 2.45) is 4.99 Å². The van der Waals surface area contributed by atoms with Crippen LogP contribution < -0.4 is 20.1 Å². The lowest BCUT2D eigenvalue weighted by Gasteiger charge is -2.39. The Bertz CT molecular complexity index is 1140. The largest absolute Gasteiger partial charge is 0.479 e. The van der Waals surface area contributed by atoms with E-state index in [-0.39, 0.29) is 46.6 Å². The van der Waals surface area contributed by atoms with Gasteiger partial charge in [-0.05, 0) is 45.2 Å². The van der Waals surface area contributed by atoms with Gasteiger partial charge in [-0.3, -0.25) is 9.79 Å². The SMILES string of the molecule is C=NCC(Cl)/C(NC(=O)c1ccc(OC(F)F)c2c1NCC(C(C)(C)OCc1ccccc1)O2)=C(\C)Cl. The van der Waals surface area contributed by atoms with Gasteiger partial charge >= 0.3 is 6.61 Å². The smallest absolute Gasteiger partial charge is 0.387 e. The molecule has 0 bridgehead atoms. The van der Waals surface area contributed by atoms with E-state index in [9.17, 15) is 13.6 Å². The van der Waals surface area contributed by atoms with Gasteiger partial charge in [-0.15, -0.1) is 11.6 Å². The Kier molecular flexibility index (Phi) is 9.75. The van der Waals surface area contributed by atoms with E-state index < -0.39 is 29.6 Å². The minimum Gasteiger partial charge on any atom is -0.479 e. The van der Waals surface area contributed by atoms with Crippen molar-refractivity contribution < 1.29 is 27.8 Å². The molecule has 2 atom stereocenters. The second kappa shape index (κ2) is 12.6. The van der Waals surface area contributed by atoms with E-state index in [0.29, 0.717) is 6.61 Å². The van der Waals surface area contributed by atoms with Crippen molar-refractivity contribution in [1.29, 1.82) is 0 Å². The van der Waals surface area contributed by atoms with Crippen LogP contribution in [0.25, 0.3) is 0 Å². The average Bonchev–Trinajstić information content (AvgIpc) is 2.86. The zero-order valence-electron chi connectivity index (χ0n) is 20.7. The highest BCUT2D eigenvalue weighted by atomic mass is 35.5. The Morgan fingerprint density at radius 1 is 1.30 bits per heavy atom. The van der Waals surface area contributed by atoms with E-state index in [4.69, 9.17) is 32.7 Å². The number of carbonyl (C=O) groups is 1. The number of carbonyl (C=O) groups excluding carboxylic acids is 1. The summed E-state index contributed by atoms with van der Waals surface area (Å²) in [6, 6.07) is 12.2. The molecule has 0 aromatic heterocycles. The first kappa shape index (κ1) is 28.7. The molecule has 1 heterocycles. The number of fused-ring (bicyclic) bond motifs is 1. The number of allylic oxidation sites excluding steroid dienone is 1. The Morgan fingerprint density at radius 3 is 2.62 bits per heavy atom. The molecule has 2 unspecified atom stereocenters.